The van der Waals surface area contributed by atoms with Crippen molar-refractivity contribution in [3.8, 4) is 0 Å². The molecular weight excluding hydrogens is 1080 g/mol. The number of carboxylic acids is 2. The van der Waals surface area contributed by atoms with Crippen LogP contribution in [0.25, 0.3) is 0 Å². The molecule has 2 aromatic heterocycles. The van der Waals surface area contributed by atoms with Crippen LogP contribution in [0.2, 0.25) is 0 Å². The predicted octanol–water partition coefficient (Wildman–Crippen LogP) is 6.43. The average molecular weight is 1120 g/mol. The lowest BCUT2D eigenvalue weighted by Gasteiger charge is -2.44. The Bertz CT molecular complexity index is 1960. The highest BCUT2D eigenvalue weighted by Crippen LogP contribution is 2.39. The summed E-state index contributed by atoms with van der Waals surface area (Å²) in [5.74, 6) is -6.90. The number of carboxylic acid groups (broad SMARTS) is 2. The van der Waals surface area contributed by atoms with E-state index < -0.39 is 47.6 Å². The summed E-state index contributed by atoms with van der Waals surface area (Å²) in [5, 5.41) is 17.6. The quantitative estimate of drug-likeness (QED) is 0.0613. The van der Waals surface area contributed by atoms with E-state index in [0.29, 0.717) is 12.8 Å². The van der Waals surface area contributed by atoms with Crippen LogP contribution in [0.5, 0.6) is 0 Å². The number of aliphatic carboxylic acids is 2. The maximum absolute atomic E-state index is 14.7. The molecule has 0 spiro atoms. The first-order valence-corrected chi connectivity index (χ1v) is 21.2. The molecule has 0 N–H and O–H groups in total. The number of amides is 4. The van der Waals surface area contributed by atoms with Gasteiger partial charge in [-0.25, -0.2) is 13.9 Å². The van der Waals surface area contributed by atoms with Crippen LogP contribution in [0.1, 0.15) is 36.8 Å². The fourth-order valence-electron chi connectivity index (χ4n) is 6.11. The lowest BCUT2D eigenvalue weighted by molar-refractivity contribution is -0.697. The van der Waals surface area contributed by atoms with Gasteiger partial charge in [-0.15, -0.1) is 0 Å². The van der Waals surface area contributed by atoms with E-state index in [4.69, 9.17) is 19.8 Å². The van der Waals surface area contributed by atoms with Crippen LogP contribution in [0.15, 0.2) is 115 Å². The molecule has 1 saturated heterocycles. The molecule has 0 unspecified atom stereocenters. The maximum atomic E-state index is 14.7. The number of barbiturate groups is 1. The fraction of sp³-hybridized carbons (Fsp3) is 0.325. The summed E-state index contributed by atoms with van der Waals surface area (Å²) in [7, 11) is 0. The normalized spacial score (nSPS) is 13.8. The average Bonchev–Trinajstić information content (AvgIpc) is 3.16. The van der Waals surface area contributed by atoms with Gasteiger partial charge in [0.2, 0.25) is 11.8 Å². The maximum Gasteiger partial charge on any atom is 0.430 e. The molecule has 5 rings (SSSR count). The smallest absolute Gasteiger partial charge is 0.430 e. The molecule has 1 aliphatic rings. The number of nitrogens with zero attached hydrogens (tertiary/aromatic N) is 4. The predicted molar refractivity (Wildman–Crippen MR) is 216 cm³/mol. The first-order chi connectivity index (χ1) is 28.5. The van der Waals surface area contributed by atoms with Gasteiger partial charge >= 0.3 is 18.4 Å². The third kappa shape index (κ3) is 16.2. The van der Waals surface area contributed by atoms with E-state index in [-0.39, 0.29) is 25.9 Å². The Morgan fingerprint density at radius 1 is 0.541 bits per heavy atom. The molecule has 2 aromatic carbocycles. The SMILES string of the molecule is O=C([O-])C(F)(F)F.O=C([O-])C(F)(F)F.O=C1N(CCCC[n+]2ccccc2)C(=O)C(Cc2cc(Br)cc(Br)c2)(Cc2cc(Br)cc(Br)c2)C(=O)N1CCCC[n+]1ccccc1. The number of benzene rings is 2. The molecule has 4 aromatic rings. The summed E-state index contributed by atoms with van der Waals surface area (Å²) in [4.78, 5) is 63.8. The number of hydrogen-bond acceptors (Lipinski definition) is 7. The molecular formula is C40H36Br4F6N4O7. The molecule has 0 bridgehead atoms. The summed E-state index contributed by atoms with van der Waals surface area (Å²) in [6.45, 7) is 2.00. The third-order valence-electron chi connectivity index (χ3n) is 8.74. The molecule has 328 valence electrons. The van der Waals surface area contributed by atoms with Crippen molar-refractivity contribution in [1.29, 1.82) is 0 Å². The van der Waals surface area contributed by atoms with Gasteiger partial charge in [-0.1, -0.05) is 75.9 Å². The summed E-state index contributed by atoms with van der Waals surface area (Å²) in [6, 6.07) is 22.9. The van der Waals surface area contributed by atoms with Gasteiger partial charge in [-0.3, -0.25) is 19.4 Å². The number of alkyl halides is 6. The van der Waals surface area contributed by atoms with Gasteiger partial charge in [0, 0.05) is 68.1 Å². The van der Waals surface area contributed by atoms with Crippen LogP contribution < -0.4 is 19.3 Å². The van der Waals surface area contributed by atoms with E-state index in [1.54, 1.807) is 0 Å². The second-order valence-electron chi connectivity index (χ2n) is 13.4. The molecule has 21 heteroatoms. The minimum Gasteiger partial charge on any atom is -0.542 e. The van der Waals surface area contributed by atoms with Crippen molar-refractivity contribution in [3.63, 3.8) is 0 Å². The number of aromatic nitrogens is 2. The summed E-state index contributed by atoms with van der Waals surface area (Å²) in [6.07, 6.45) is 0.701. The molecule has 0 atom stereocenters. The minimum atomic E-state index is -5.19. The topological polar surface area (TPSA) is 146 Å². The van der Waals surface area contributed by atoms with Crippen molar-refractivity contribution in [2.75, 3.05) is 13.1 Å². The third-order valence-corrected chi connectivity index (χ3v) is 10.6. The van der Waals surface area contributed by atoms with E-state index in [2.05, 4.69) is 72.9 Å². The summed E-state index contributed by atoms with van der Waals surface area (Å²) >= 11 is 14.3. The standard InChI is InChI=1S/C36H36Br4N4O3.2C2HF3O2/c37-29-19-27(20-30(38)23-29)25-36(26-28-21-31(39)24-32(40)22-28)33(45)43(17-9-7-15-41-11-3-1-4-12-41)35(47)44(34(36)46)18-10-8-16-42-13-5-2-6-14-42;2*3-2(4,5)1(6)7/h1-6,11-14,19-24H,7-10,15-18,25-26H2;2*(H,6,7)/q+2;;/p-2. The number of unbranched alkanes of at least 4 members (excludes halogenated alkanes) is 2. The Hall–Kier alpha value is -4.21. The van der Waals surface area contributed by atoms with Crippen molar-refractivity contribution in [3.05, 3.63) is 127 Å². The summed E-state index contributed by atoms with van der Waals surface area (Å²) < 4.78 is 70.6. The molecule has 61 heavy (non-hydrogen) atoms. The molecule has 0 radical (unpaired) electrons. The van der Waals surface area contributed by atoms with Gasteiger partial charge in [-0.05, 0) is 73.2 Å². The van der Waals surface area contributed by atoms with E-state index in [0.717, 1.165) is 54.9 Å². The molecule has 4 amide bonds. The highest BCUT2D eigenvalue weighted by atomic mass is 79.9. The second kappa shape index (κ2) is 23.3. The van der Waals surface area contributed by atoms with E-state index in [1.807, 2.05) is 97.6 Å². The fourth-order valence-corrected chi connectivity index (χ4v) is 8.88. The molecule has 1 aliphatic heterocycles. The Labute approximate surface area is 379 Å². The number of carbonyl (C=O) groups excluding carboxylic acids is 5. The zero-order valence-electron chi connectivity index (χ0n) is 31.7. The van der Waals surface area contributed by atoms with Crippen LogP contribution in [0.3, 0.4) is 0 Å². The second-order valence-corrected chi connectivity index (χ2v) is 17.1. The zero-order valence-corrected chi connectivity index (χ0v) is 38.1. The van der Waals surface area contributed by atoms with Gasteiger partial charge in [0.1, 0.15) is 30.4 Å². The van der Waals surface area contributed by atoms with E-state index >= 15 is 0 Å². The van der Waals surface area contributed by atoms with Crippen LogP contribution in [-0.4, -0.2) is 65.0 Å². The molecule has 1 fully saturated rings. The van der Waals surface area contributed by atoms with E-state index in [9.17, 15) is 40.7 Å². The lowest BCUT2D eigenvalue weighted by atomic mass is 9.72. The van der Waals surface area contributed by atoms with E-state index in [1.165, 1.54) is 9.80 Å². The molecule has 3 heterocycles. The van der Waals surface area contributed by atoms with Gasteiger partial charge in [0.05, 0.1) is 0 Å². The van der Waals surface area contributed by atoms with Crippen LogP contribution >= 0.6 is 63.7 Å². The summed E-state index contributed by atoms with van der Waals surface area (Å²) in [5.41, 5.74) is 0.117. The Balaban J connectivity index is 0.000000609. The highest BCUT2D eigenvalue weighted by Gasteiger charge is 2.57. The Morgan fingerprint density at radius 3 is 1.11 bits per heavy atom. The van der Waals surface area contributed by atoms with Crippen molar-refractivity contribution in [2.24, 2.45) is 5.41 Å². The lowest BCUT2D eigenvalue weighted by Crippen LogP contribution is -2.66. The number of halogens is 10. The largest absolute Gasteiger partial charge is 0.542 e. The first kappa shape index (κ1) is 51.1. The number of imide groups is 2. The number of rotatable bonds is 14. The Kier molecular flexibility index (Phi) is 19.5. The number of carbonyl (C=O) groups is 5. The zero-order chi connectivity index (χ0) is 45.5. The Morgan fingerprint density at radius 2 is 0.836 bits per heavy atom. The van der Waals surface area contributed by atoms with Gasteiger partial charge in [0.25, 0.3) is 0 Å². The van der Waals surface area contributed by atoms with Gasteiger partial charge in [-0.2, -0.15) is 26.3 Å². The number of aryl methyl sites for hydroxylation is 2. The number of hydrogen-bond donors (Lipinski definition) is 0. The van der Waals surface area contributed by atoms with Crippen molar-refractivity contribution >= 4 is 93.5 Å². The monoisotopic (exact) mass is 1110 g/mol. The van der Waals surface area contributed by atoms with Crippen LogP contribution in [-0.2, 0) is 45.1 Å². The molecule has 0 saturated carbocycles. The number of pyridine rings is 2. The van der Waals surface area contributed by atoms with Crippen molar-refractivity contribution in [1.82, 2.24) is 9.80 Å². The van der Waals surface area contributed by atoms with Gasteiger partial charge < -0.3 is 19.8 Å². The van der Waals surface area contributed by atoms with Crippen LogP contribution in [0, 0.1) is 5.41 Å². The number of urea groups is 1. The molecule has 11 nitrogen and oxygen atoms in total. The molecule has 0 aliphatic carbocycles. The highest BCUT2D eigenvalue weighted by molar-refractivity contribution is 9.11. The first-order valence-electron chi connectivity index (χ1n) is 18.1. The van der Waals surface area contributed by atoms with Crippen molar-refractivity contribution < 1.29 is 69.7 Å². The van der Waals surface area contributed by atoms with Gasteiger partial charge in [0.15, 0.2) is 24.8 Å². The van der Waals surface area contributed by atoms with Crippen LogP contribution in [0.4, 0.5) is 31.1 Å². The minimum absolute atomic E-state index is 0.146. The van der Waals surface area contributed by atoms with Crippen molar-refractivity contribution in [2.45, 2.75) is 64.0 Å².